The standard InChI is InChI=1S/C9H12N2O2S/c1-6(8(10)14)4-11-9(12)7-2-3-13-5-7/h2-3,5-6H,4H2,1H3,(H2,10,14)(H,11,12). The number of amides is 1. The zero-order valence-corrected chi connectivity index (χ0v) is 8.64. The first kappa shape index (κ1) is 10.7. The van der Waals surface area contributed by atoms with Crippen LogP contribution in [0.4, 0.5) is 0 Å². The van der Waals surface area contributed by atoms with Crippen molar-refractivity contribution in [3.05, 3.63) is 24.2 Å². The summed E-state index contributed by atoms with van der Waals surface area (Å²) in [6.45, 7) is 2.30. The topological polar surface area (TPSA) is 68.3 Å². The Bertz CT molecular complexity index is 322. The average Bonchev–Trinajstić information content (AvgIpc) is 2.66. The van der Waals surface area contributed by atoms with Crippen molar-refractivity contribution < 1.29 is 9.21 Å². The van der Waals surface area contributed by atoms with Crippen LogP contribution in [-0.4, -0.2) is 17.4 Å². The van der Waals surface area contributed by atoms with E-state index in [1.165, 1.54) is 12.5 Å². The maximum atomic E-state index is 11.4. The molecule has 1 atom stereocenters. The monoisotopic (exact) mass is 212 g/mol. The Kier molecular flexibility index (Phi) is 3.64. The molecule has 0 saturated heterocycles. The van der Waals surface area contributed by atoms with E-state index < -0.39 is 0 Å². The predicted molar refractivity (Wildman–Crippen MR) is 57.0 cm³/mol. The fraction of sp³-hybridized carbons (Fsp3) is 0.333. The Balaban J connectivity index is 2.40. The van der Waals surface area contributed by atoms with E-state index in [1.807, 2.05) is 6.92 Å². The summed E-state index contributed by atoms with van der Waals surface area (Å²) < 4.78 is 4.78. The maximum absolute atomic E-state index is 11.4. The lowest BCUT2D eigenvalue weighted by atomic mass is 10.2. The summed E-state index contributed by atoms with van der Waals surface area (Å²) in [7, 11) is 0. The van der Waals surface area contributed by atoms with E-state index >= 15 is 0 Å². The second-order valence-electron chi connectivity index (χ2n) is 3.03. The van der Waals surface area contributed by atoms with E-state index in [0.29, 0.717) is 17.1 Å². The van der Waals surface area contributed by atoms with Gasteiger partial charge in [0.1, 0.15) is 6.26 Å². The highest BCUT2D eigenvalue weighted by Crippen LogP contribution is 2.00. The van der Waals surface area contributed by atoms with Gasteiger partial charge in [-0.05, 0) is 6.07 Å². The fourth-order valence-corrected chi connectivity index (χ4v) is 0.925. The number of hydrogen-bond acceptors (Lipinski definition) is 3. The first-order valence-electron chi connectivity index (χ1n) is 4.21. The summed E-state index contributed by atoms with van der Waals surface area (Å²) in [6, 6.07) is 1.60. The highest BCUT2D eigenvalue weighted by atomic mass is 32.1. The Morgan fingerprint density at radius 2 is 2.50 bits per heavy atom. The maximum Gasteiger partial charge on any atom is 0.254 e. The van der Waals surface area contributed by atoms with Crippen LogP contribution in [0.2, 0.25) is 0 Å². The highest BCUT2D eigenvalue weighted by Gasteiger charge is 2.09. The van der Waals surface area contributed by atoms with Crippen molar-refractivity contribution in [2.45, 2.75) is 6.92 Å². The summed E-state index contributed by atoms with van der Waals surface area (Å²) in [5, 5.41) is 2.70. The molecule has 76 valence electrons. The van der Waals surface area contributed by atoms with Crippen LogP contribution in [-0.2, 0) is 0 Å². The molecule has 0 aliphatic rings. The molecule has 0 fully saturated rings. The van der Waals surface area contributed by atoms with E-state index in [1.54, 1.807) is 6.07 Å². The second kappa shape index (κ2) is 4.76. The first-order chi connectivity index (χ1) is 6.61. The van der Waals surface area contributed by atoms with E-state index in [-0.39, 0.29) is 11.8 Å². The van der Waals surface area contributed by atoms with Crippen LogP contribution in [0.1, 0.15) is 17.3 Å². The van der Waals surface area contributed by atoms with Gasteiger partial charge >= 0.3 is 0 Å². The van der Waals surface area contributed by atoms with Gasteiger partial charge in [-0.3, -0.25) is 4.79 Å². The second-order valence-corrected chi connectivity index (χ2v) is 3.50. The third-order valence-electron chi connectivity index (χ3n) is 1.84. The predicted octanol–water partition coefficient (Wildman–Crippen LogP) is 0.932. The van der Waals surface area contributed by atoms with Gasteiger partial charge in [-0.15, -0.1) is 0 Å². The first-order valence-corrected chi connectivity index (χ1v) is 4.62. The number of hydrogen-bond donors (Lipinski definition) is 2. The molecule has 3 N–H and O–H groups in total. The molecular formula is C9H12N2O2S. The van der Waals surface area contributed by atoms with Gasteiger partial charge in [-0.1, -0.05) is 19.1 Å². The summed E-state index contributed by atoms with van der Waals surface area (Å²) in [4.78, 5) is 11.8. The molecule has 0 aliphatic carbocycles. The van der Waals surface area contributed by atoms with Crippen molar-refractivity contribution in [1.29, 1.82) is 0 Å². The van der Waals surface area contributed by atoms with Crippen LogP contribution in [0.3, 0.4) is 0 Å². The zero-order chi connectivity index (χ0) is 10.6. The van der Waals surface area contributed by atoms with Crippen LogP contribution in [0, 0.1) is 5.92 Å². The minimum absolute atomic E-state index is 0.000788. The molecule has 4 nitrogen and oxygen atoms in total. The van der Waals surface area contributed by atoms with Crippen molar-refractivity contribution in [3.63, 3.8) is 0 Å². The third-order valence-corrected chi connectivity index (χ3v) is 2.24. The Morgan fingerprint density at radius 1 is 1.79 bits per heavy atom. The Hall–Kier alpha value is -1.36. The molecule has 1 heterocycles. The van der Waals surface area contributed by atoms with Gasteiger partial charge in [-0.25, -0.2) is 0 Å². The minimum Gasteiger partial charge on any atom is -0.472 e. The number of furan rings is 1. The van der Waals surface area contributed by atoms with Crippen molar-refractivity contribution in [1.82, 2.24) is 5.32 Å². The van der Waals surface area contributed by atoms with Gasteiger partial charge in [0.05, 0.1) is 16.8 Å². The molecule has 1 aromatic heterocycles. The van der Waals surface area contributed by atoms with Gasteiger partial charge < -0.3 is 15.5 Å². The van der Waals surface area contributed by atoms with E-state index in [2.05, 4.69) is 5.32 Å². The number of nitrogens with one attached hydrogen (secondary N) is 1. The summed E-state index contributed by atoms with van der Waals surface area (Å²) in [5.41, 5.74) is 5.90. The number of thiocarbonyl (C=S) groups is 1. The summed E-state index contributed by atoms with van der Waals surface area (Å²) in [6.07, 6.45) is 2.84. The quantitative estimate of drug-likeness (QED) is 0.729. The van der Waals surface area contributed by atoms with E-state index in [9.17, 15) is 4.79 Å². The van der Waals surface area contributed by atoms with E-state index in [0.717, 1.165) is 0 Å². The molecule has 1 unspecified atom stereocenters. The molecule has 0 bridgehead atoms. The Morgan fingerprint density at radius 3 is 3.00 bits per heavy atom. The molecule has 1 aromatic rings. The molecule has 0 aromatic carbocycles. The molecule has 14 heavy (non-hydrogen) atoms. The number of nitrogens with two attached hydrogens (primary N) is 1. The smallest absolute Gasteiger partial charge is 0.254 e. The summed E-state index contributed by atoms with van der Waals surface area (Å²) in [5.74, 6) is -0.178. The lowest BCUT2D eigenvalue weighted by molar-refractivity contribution is 0.0950. The molecular weight excluding hydrogens is 200 g/mol. The Labute approximate surface area is 87.5 Å². The summed E-state index contributed by atoms with van der Waals surface area (Å²) >= 11 is 4.78. The van der Waals surface area contributed by atoms with Gasteiger partial charge in [0.2, 0.25) is 0 Å². The van der Waals surface area contributed by atoms with Crippen LogP contribution < -0.4 is 11.1 Å². The average molecular weight is 212 g/mol. The SMILES string of the molecule is CC(CNC(=O)c1ccoc1)C(N)=S. The van der Waals surface area contributed by atoms with Gasteiger partial charge in [0.15, 0.2) is 0 Å². The van der Waals surface area contributed by atoms with Crippen molar-refractivity contribution in [3.8, 4) is 0 Å². The van der Waals surface area contributed by atoms with Gasteiger partial charge in [0.25, 0.3) is 5.91 Å². The number of carbonyl (C=O) groups is 1. The normalized spacial score (nSPS) is 12.1. The van der Waals surface area contributed by atoms with Crippen LogP contribution in [0.15, 0.2) is 23.0 Å². The van der Waals surface area contributed by atoms with Crippen molar-refractivity contribution in [2.24, 2.45) is 11.7 Å². The highest BCUT2D eigenvalue weighted by molar-refractivity contribution is 7.80. The largest absolute Gasteiger partial charge is 0.472 e. The van der Waals surface area contributed by atoms with Gasteiger partial charge in [0, 0.05) is 12.5 Å². The molecule has 0 spiro atoms. The molecule has 0 aliphatic heterocycles. The van der Waals surface area contributed by atoms with Crippen LogP contribution >= 0.6 is 12.2 Å². The minimum atomic E-state index is -0.179. The lowest BCUT2D eigenvalue weighted by Crippen LogP contribution is -2.33. The third kappa shape index (κ3) is 2.85. The van der Waals surface area contributed by atoms with Crippen LogP contribution in [0.5, 0.6) is 0 Å². The van der Waals surface area contributed by atoms with E-state index in [4.69, 9.17) is 22.4 Å². The van der Waals surface area contributed by atoms with Crippen molar-refractivity contribution >= 4 is 23.1 Å². The van der Waals surface area contributed by atoms with Gasteiger partial charge in [-0.2, -0.15) is 0 Å². The molecule has 1 rings (SSSR count). The zero-order valence-electron chi connectivity index (χ0n) is 7.82. The molecule has 0 radical (unpaired) electrons. The number of carbonyl (C=O) groups excluding carboxylic acids is 1. The lowest BCUT2D eigenvalue weighted by Gasteiger charge is -2.09. The molecule has 0 saturated carbocycles. The number of rotatable bonds is 4. The van der Waals surface area contributed by atoms with Crippen molar-refractivity contribution in [2.75, 3.05) is 6.54 Å². The van der Waals surface area contributed by atoms with Crippen LogP contribution in [0.25, 0.3) is 0 Å². The molecule has 5 heteroatoms. The fourth-order valence-electron chi connectivity index (χ4n) is 0.842. The molecule has 1 amide bonds.